The lowest BCUT2D eigenvalue weighted by Gasteiger charge is -2.31. The summed E-state index contributed by atoms with van der Waals surface area (Å²) in [7, 11) is 0. The molecule has 2 aromatic carbocycles. The molecule has 0 radical (unpaired) electrons. The van der Waals surface area contributed by atoms with Crippen molar-refractivity contribution in [2.75, 3.05) is 5.32 Å². The Morgan fingerprint density at radius 2 is 1.96 bits per heavy atom. The van der Waals surface area contributed by atoms with Crippen molar-refractivity contribution in [3.63, 3.8) is 0 Å². The number of hydrogen-bond donors (Lipinski definition) is 1. The average Bonchev–Trinajstić information content (AvgIpc) is 3.03. The minimum atomic E-state index is 0.114. The highest BCUT2D eigenvalue weighted by molar-refractivity contribution is 14.1. The van der Waals surface area contributed by atoms with Crippen LogP contribution < -0.4 is 5.32 Å². The summed E-state index contributed by atoms with van der Waals surface area (Å²) in [5.74, 6) is 0.713. The summed E-state index contributed by atoms with van der Waals surface area (Å²) in [5, 5.41) is 15.6. The highest BCUT2D eigenvalue weighted by Crippen LogP contribution is 2.37. The largest absolute Gasteiger partial charge is 0.346 e. The molecular weight excluding hydrogens is 469 g/mol. The minimum Gasteiger partial charge on any atom is -0.346 e. The molecule has 116 valence electrons. The highest BCUT2D eigenvalue weighted by atomic mass is 127. The first-order valence-electron chi connectivity index (χ1n) is 7.26. The molecule has 0 aliphatic carbocycles. The number of anilines is 1. The molecule has 5 nitrogen and oxygen atoms in total. The van der Waals surface area contributed by atoms with Crippen molar-refractivity contribution in [3.05, 3.63) is 67.7 Å². The molecule has 0 spiro atoms. The number of halogens is 2. The van der Waals surface area contributed by atoms with E-state index in [1.54, 1.807) is 0 Å². The van der Waals surface area contributed by atoms with Crippen molar-refractivity contribution in [1.82, 2.24) is 20.2 Å². The second-order valence-electron chi connectivity index (χ2n) is 5.50. The monoisotopic (exact) mass is 481 g/mol. The minimum absolute atomic E-state index is 0.114. The molecule has 0 bridgehead atoms. The van der Waals surface area contributed by atoms with Gasteiger partial charge in [0.05, 0.1) is 12.1 Å². The summed E-state index contributed by atoms with van der Waals surface area (Å²) in [5.41, 5.74) is 2.45. The maximum Gasteiger partial charge on any atom is 0.243 e. The van der Waals surface area contributed by atoms with Gasteiger partial charge in [-0.05, 0) is 74.8 Å². The van der Waals surface area contributed by atoms with Crippen molar-refractivity contribution in [1.29, 1.82) is 0 Å². The van der Waals surface area contributed by atoms with Crippen molar-refractivity contribution < 1.29 is 0 Å². The third kappa shape index (κ3) is 2.99. The maximum absolute atomic E-state index is 4.16. The Kier molecular flexibility index (Phi) is 4.06. The second kappa shape index (κ2) is 6.20. The quantitative estimate of drug-likeness (QED) is 0.558. The maximum atomic E-state index is 4.16. The van der Waals surface area contributed by atoms with Gasteiger partial charge in [-0.1, -0.05) is 45.3 Å². The van der Waals surface area contributed by atoms with Crippen molar-refractivity contribution in [2.45, 2.75) is 18.5 Å². The predicted molar refractivity (Wildman–Crippen MR) is 100 cm³/mol. The van der Waals surface area contributed by atoms with Crippen LogP contribution in [-0.4, -0.2) is 20.2 Å². The zero-order valence-corrected chi connectivity index (χ0v) is 15.8. The smallest absolute Gasteiger partial charge is 0.243 e. The van der Waals surface area contributed by atoms with Crippen LogP contribution in [0, 0.1) is 3.57 Å². The van der Waals surface area contributed by atoms with Gasteiger partial charge in [-0.25, -0.2) is 4.68 Å². The van der Waals surface area contributed by atoms with E-state index in [4.69, 9.17) is 0 Å². The van der Waals surface area contributed by atoms with Crippen LogP contribution in [0.15, 0.2) is 53.0 Å². The average molecular weight is 482 g/mol. The lowest BCUT2D eigenvalue weighted by atomic mass is 9.93. The highest BCUT2D eigenvalue weighted by Gasteiger charge is 2.30. The normalized spacial score (nSPS) is 19.9. The van der Waals surface area contributed by atoms with E-state index < -0.39 is 0 Å². The molecule has 0 unspecified atom stereocenters. The fourth-order valence-electron chi connectivity index (χ4n) is 2.94. The van der Waals surface area contributed by atoms with Gasteiger partial charge in [0.2, 0.25) is 5.95 Å². The van der Waals surface area contributed by atoms with Crippen molar-refractivity contribution in [2.24, 2.45) is 0 Å². The molecule has 0 amide bonds. The number of rotatable bonds is 2. The van der Waals surface area contributed by atoms with Crippen LogP contribution >= 0.6 is 38.5 Å². The number of nitrogens with one attached hydrogen (secondary N) is 1. The van der Waals surface area contributed by atoms with Gasteiger partial charge in [0.15, 0.2) is 0 Å². The molecule has 7 heteroatoms. The molecule has 2 atom stereocenters. The van der Waals surface area contributed by atoms with E-state index in [1.807, 2.05) is 16.8 Å². The Bertz CT molecular complexity index is 832. The number of tetrazole rings is 1. The number of nitrogens with zero attached hydrogens (tertiary/aromatic N) is 4. The van der Waals surface area contributed by atoms with Crippen LogP contribution in [0.3, 0.4) is 0 Å². The number of aromatic nitrogens is 4. The summed E-state index contributed by atoms with van der Waals surface area (Å²) in [6.07, 6.45) is 0.898. The predicted octanol–water partition coefficient (Wildman–Crippen LogP) is 4.19. The number of benzene rings is 2. The second-order valence-corrected chi connectivity index (χ2v) is 7.66. The van der Waals surface area contributed by atoms with Crippen LogP contribution in [0.2, 0.25) is 0 Å². The molecule has 1 aliphatic heterocycles. The van der Waals surface area contributed by atoms with Gasteiger partial charge in [-0.3, -0.25) is 0 Å². The van der Waals surface area contributed by atoms with E-state index in [0.717, 1.165) is 10.9 Å². The Hall–Kier alpha value is -1.48. The number of fused-ring (bicyclic) bond motifs is 1. The van der Waals surface area contributed by atoms with E-state index in [2.05, 4.69) is 95.8 Å². The van der Waals surface area contributed by atoms with E-state index in [0.29, 0.717) is 5.95 Å². The van der Waals surface area contributed by atoms with Crippen molar-refractivity contribution in [3.8, 4) is 0 Å². The first kappa shape index (κ1) is 15.1. The Morgan fingerprint density at radius 3 is 2.74 bits per heavy atom. The van der Waals surface area contributed by atoms with Gasteiger partial charge in [0, 0.05) is 8.04 Å². The molecular formula is C16H13BrIN5. The zero-order valence-electron chi connectivity index (χ0n) is 12.0. The molecule has 23 heavy (non-hydrogen) atoms. The van der Waals surface area contributed by atoms with Crippen LogP contribution in [-0.2, 0) is 0 Å². The fraction of sp³-hybridized carbons (Fsp3) is 0.188. The Morgan fingerprint density at radius 1 is 1.13 bits per heavy atom. The summed E-state index contributed by atoms with van der Waals surface area (Å²) < 4.78 is 4.16. The summed E-state index contributed by atoms with van der Waals surface area (Å²) in [6, 6.07) is 17.2. The summed E-state index contributed by atoms with van der Waals surface area (Å²) in [4.78, 5) is 0. The summed E-state index contributed by atoms with van der Waals surface area (Å²) in [6.45, 7) is 0. The van der Waals surface area contributed by atoms with E-state index in [9.17, 15) is 0 Å². The third-order valence-electron chi connectivity index (χ3n) is 4.06. The van der Waals surface area contributed by atoms with Gasteiger partial charge in [0.1, 0.15) is 0 Å². The molecule has 3 aromatic rings. The van der Waals surface area contributed by atoms with Gasteiger partial charge < -0.3 is 5.32 Å². The first-order valence-corrected chi connectivity index (χ1v) is 9.13. The van der Waals surface area contributed by atoms with E-state index in [1.165, 1.54) is 14.7 Å². The zero-order chi connectivity index (χ0) is 15.8. The summed E-state index contributed by atoms with van der Waals surface area (Å²) >= 11 is 5.87. The molecule has 0 saturated carbocycles. The standard InChI is InChI=1S/C16H13BrIN5/c17-12-3-1-2-11(8-12)15-9-14(10-4-6-13(18)7-5-10)19-16-20-21-22-23(15)16/h1-8,14-15H,9H2,(H,19,20,22)/t14-,15+/m0/s1. The molecule has 0 saturated heterocycles. The molecule has 1 N–H and O–H groups in total. The van der Waals surface area contributed by atoms with Gasteiger partial charge in [-0.2, -0.15) is 0 Å². The molecule has 1 aromatic heterocycles. The van der Waals surface area contributed by atoms with Gasteiger partial charge in [0.25, 0.3) is 0 Å². The topological polar surface area (TPSA) is 55.6 Å². The van der Waals surface area contributed by atoms with E-state index >= 15 is 0 Å². The first-order chi connectivity index (χ1) is 11.2. The molecule has 4 rings (SSSR count). The Labute approximate surface area is 155 Å². The Balaban J connectivity index is 1.73. The number of hydrogen-bond acceptors (Lipinski definition) is 4. The molecule has 1 aliphatic rings. The van der Waals surface area contributed by atoms with Crippen molar-refractivity contribution >= 4 is 44.5 Å². The van der Waals surface area contributed by atoms with Crippen LogP contribution in [0.25, 0.3) is 0 Å². The van der Waals surface area contributed by atoms with Crippen LogP contribution in [0.5, 0.6) is 0 Å². The van der Waals surface area contributed by atoms with Crippen LogP contribution in [0.1, 0.15) is 29.6 Å². The van der Waals surface area contributed by atoms with Gasteiger partial charge in [-0.15, -0.1) is 0 Å². The molecule has 0 fully saturated rings. The SMILES string of the molecule is Brc1cccc([C@H]2C[C@@H](c3ccc(I)cc3)Nc3nnnn32)c1. The van der Waals surface area contributed by atoms with E-state index in [-0.39, 0.29) is 12.1 Å². The lowest BCUT2D eigenvalue weighted by Crippen LogP contribution is -2.28. The molecule has 2 heterocycles. The van der Waals surface area contributed by atoms with Gasteiger partial charge >= 0.3 is 0 Å². The fourth-order valence-corrected chi connectivity index (χ4v) is 3.72. The lowest BCUT2D eigenvalue weighted by molar-refractivity contribution is 0.423. The van der Waals surface area contributed by atoms with Crippen LogP contribution in [0.4, 0.5) is 5.95 Å². The third-order valence-corrected chi connectivity index (χ3v) is 5.27.